The van der Waals surface area contributed by atoms with E-state index in [1.807, 2.05) is 6.07 Å². The van der Waals surface area contributed by atoms with Crippen molar-refractivity contribution in [2.75, 3.05) is 4.90 Å². The summed E-state index contributed by atoms with van der Waals surface area (Å²) < 4.78 is 8.79. The average Bonchev–Trinajstić information content (AvgIpc) is 3.93. The average molecular weight is 819 g/mol. The number of rotatable bonds is 9. The van der Waals surface area contributed by atoms with Crippen LogP contribution in [0.1, 0.15) is 5.56 Å². The van der Waals surface area contributed by atoms with E-state index in [0.29, 0.717) is 6.54 Å². The minimum Gasteiger partial charge on any atom is -0.456 e. The van der Waals surface area contributed by atoms with Gasteiger partial charge in [-0.05, 0) is 111 Å². The lowest BCUT2D eigenvalue weighted by Gasteiger charge is -2.27. The molecule has 0 N–H and O–H groups in total. The summed E-state index contributed by atoms with van der Waals surface area (Å²) in [6.45, 7) is 0.701. The van der Waals surface area contributed by atoms with Gasteiger partial charge in [0.25, 0.3) is 0 Å². The highest BCUT2D eigenvalue weighted by atomic mass is 16.3. The Morgan fingerprint density at radius 3 is 1.64 bits per heavy atom. The smallest absolute Gasteiger partial charge is 0.137 e. The quantitative estimate of drug-likeness (QED) is 0.145. The minimum atomic E-state index is 0.701. The molecule has 12 rings (SSSR count). The first-order valence-corrected chi connectivity index (χ1v) is 22.0. The molecule has 0 unspecified atom stereocenters. The van der Waals surface area contributed by atoms with Crippen molar-refractivity contribution in [2.24, 2.45) is 0 Å². The fourth-order valence-corrected chi connectivity index (χ4v) is 9.69. The highest BCUT2D eigenvalue weighted by Crippen LogP contribution is 2.43. The number of para-hydroxylation sites is 3. The number of anilines is 2. The summed E-state index contributed by atoms with van der Waals surface area (Å²) in [5.74, 6) is 0. The van der Waals surface area contributed by atoms with Crippen LogP contribution in [0.15, 0.2) is 247 Å². The SMILES string of the molecule is c1ccc(-c2ccc(-c3ccc(N(Cc4ccccc4-c4cccc(-c5cccc6c5c5ccccc5n6-c5cccc6oc7ccccc7c56)c4)c4ccccc4)cc3)cc2)cc1. The van der Waals surface area contributed by atoms with Crippen LogP contribution in [0, 0.1) is 0 Å². The lowest BCUT2D eigenvalue weighted by molar-refractivity contribution is 0.669. The van der Waals surface area contributed by atoms with Gasteiger partial charge in [-0.1, -0.05) is 182 Å². The number of hydrogen-bond donors (Lipinski definition) is 0. The Bertz CT molecular complexity index is 3620. The van der Waals surface area contributed by atoms with Crippen LogP contribution in [0.3, 0.4) is 0 Å². The summed E-state index contributed by atoms with van der Waals surface area (Å²) in [5, 5.41) is 4.70. The molecule has 0 radical (unpaired) electrons. The molecule has 0 aliphatic heterocycles. The molecule has 0 spiro atoms. The van der Waals surface area contributed by atoms with Gasteiger partial charge in [-0.3, -0.25) is 0 Å². The normalized spacial score (nSPS) is 11.5. The van der Waals surface area contributed by atoms with Gasteiger partial charge >= 0.3 is 0 Å². The summed E-state index contributed by atoms with van der Waals surface area (Å²) in [6, 6.07) is 87.3. The molecule has 12 aromatic rings. The van der Waals surface area contributed by atoms with Gasteiger partial charge < -0.3 is 13.9 Å². The second-order valence-electron chi connectivity index (χ2n) is 16.5. The lowest BCUT2D eigenvalue weighted by atomic mass is 9.93. The molecule has 302 valence electrons. The largest absolute Gasteiger partial charge is 0.456 e. The van der Waals surface area contributed by atoms with Crippen LogP contribution >= 0.6 is 0 Å². The zero-order valence-electron chi connectivity index (χ0n) is 35.1. The number of furan rings is 1. The van der Waals surface area contributed by atoms with Gasteiger partial charge in [0.1, 0.15) is 11.2 Å². The summed E-state index contributed by atoms with van der Waals surface area (Å²) in [4.78, 5) is 2.42. The molecule has 0 fully saturated rings. The highest BCUT2D eigenvalue weighted by Gasteiger charge is 2.20. The predicted molar refractivity (Wildman–Crippen MR) is 269 cm³/mol. The summed E-state index contributed by atoms with van der Waals surface area (Å²) in [7, 11) is 0. The maximum atomic E-state index is 6.37. The molecule has 0 amide bonds. The second kappa shape index (κ2) is 15.8. The van der Waals surface area contributed by atoms with Crippen molar-refractivity contribution in [3.05, 3.63) is 248 Å². The third-order valence-electron chi connectivity index (χ3n) is 12.7. The molecule has 0 aliphatic carbocycles. The van der Waals surface area contributed by atoms with Gasteiger partial charge in [-0.15, -0.1) is 0 Å². The van der Waals surface area contributed by atoms with Crippen LogP contribution in [-0.2, 0) is 6.54 Å². The third kappa shape index (κ3) is 6.54. The number of fused-ring (bicyclic) bond motifs is 6. The Morgan fingerprint density at radius 2 is 0.859 bits per heavy atom. The fraction of sp³-hybridized carbons (Fsp3) is 0.0164. The molecule has 0 bridgehead atoms. The zero-order chi connectivity index (χ0) is 42.4. The van der Waals surface area contributed by atoms with Crippen LogP contribution in [0.4, 0.5) is 11.4 Å². The first-order valence-electron chi connectivity index (χ1n) is 22.0. The molecule has 3 heteroatoms. The Kier molecular flexibility index (Phi) is 9.23. The van der Waals surface area contributed by atoms with E-state index in [4.69, 9.17) is 4.42 Å². The predicted octanol–water partition coefficient (Wildman–Crippen LogP) is 16.7. The van der Waals surface area contributed by atoms with Gasteiger partial charge in [0, 0.05) is 34.1 Å². The van der Waals surface area contributed by atoms with Crippen molar-refractivity contribution in [3.8, 4) is 50.2 Å². The first-order chi connectivity index (χ1) is 31.7. The van der Waals surface area contributed by atoms with Gasteiger partial charge in [-0.25, -0.2) is 0 Å². The summed E-state index contributed by atoms with van der Waals surface area (Å²) >= 11 is 0. The van der Waals surface area contributed by atoms with Crippen molar-refractivity contribution >= 4 is 55.1 Å². The molecular weight excluding hydrogens is 777 g/mol. The topological polar surface area (TPSA) is 21.3 Å². The Labute approximate surface area is 372 Å². The lowest BCUT2D eigenvalue weighted by Crippen LogP contribution is -2.17. The van der Waals surface area contributed by atoms with E-state index in [1.54, 1.807) is 0 Å². The van der Waals surface area contributed by atoms with Gasteiger partial charge in [0.15, 0.2) is 0 Å². The zero-order valence-corrected chi connectivity index (χ0v) is 35.1. The maximum Gasteiger partial charge on any atom is 0.137 e. The van der Waals surface area contributed by atoms with Crippen molar-refractivity contribution in [2.45, 2.75) is 6.54 Å². The van der Waals surface area contributed by atoms with Crippen LogP contribution in [0.25, 0.3) is 93.9 Å². The molecule has 0 aliphatic rings. The maximum absolute atomic E-state index is 6.37. The standard InChI is InChI=1S/C61H42N2O/c1-3-16-42(17-4-1)43-32-34-44(35-33-43)45-36-38-50(39-37-45)62(49-21-5-2-6-22-49)41-48-18-7-8-23-51(48)46-19-13-20-47(40-46)52-26-14-28-56-60(52)53-24-9-11-27-55(53)63(56)57-29-15-31-59-61(57)54-25-10-12-30-58(54)64-59/h1-40H,41H2. The van der Waals surface area contributed by atoms with E-state index in [-0.39, 0.29) is 0 Å². The van der Waals surface area contributed by atoms with Gasteiger partial charge in [0.05, 0.1) is 22.1 Å². The number of aromatic nitrogens is 1. The fourth-order valence-electron chi connectivity index (χ4n) is 9.69. The van der Waals surface area contributed by atoms with E-state index >= 15 is 0 Å². The van der Waals surface area contributed by atoms with E-state index in [1.165, 1.54) is 66.4 Å². The van der Waals surface area contributed by atoms with Crippen molar-refractivity contribution < 1.29 is 4.42 Å². The third-order valence-corrected chi connectivity index (χ3v) is 12.7. The Balaban J connectivity index is 0.918. The number of nitrogens with zero attached hydrogens (tertiary/aromatic N) is 2. The van der Waals surface area contributed by atoms with Crippen LogP contribution in [-0.4, -0.2) is 4.57 Å². The van der Waals surface area contributed by atoms with Crippen LogP contribution in [0.5, 0.6) is 0 Å². The monoisotopic (exact) mass is 818 g/mol. The van der Waals surface area contributed by atoms with Crippen molar-refractivity contribution in [1.82, 2.24) is 4.57 Å². The molecule has 3 nitrogen and oxygen atoms in total. The van der Waals surface area contributed by atoms with Crippen LogP contribution in [0.2, 0.25) is 0 Å². The Morgan fingerprint density at radius 1 is 0.344 bits per heavy atom. The van der Waals surface area contributed by atoms with E-state index in [2.05, 4.69) is 246 Å². The Hall–Kier alpha value is -8.40. The first kappa shape index (κ1) is 37.4. The summed E-state index contributed by atoms with van der Waals surface area (Å²) in [6.07, 6.45) is 0. The molecule has 0 saturated carbocycles. The van der Waals surface area contributed by atoms with Gasteiger partial charge in [-0.2, -0.15) is 0 Å². The minimum absolute atomic E-state index is 0.701. The van der Waals surface area contributed by atoms with E-state index in [0.717, 1.165) is 44.5 Å². The molecule has 0 saturated heterocycles. The van der Waals surface area contributed by atoms with Gasteiger partial charge in [0.2, 0.25) is 0 Å². The number of benzene rings is 10. The van der Waals surface area contributed by atoms with Crippen molar-refractivity contribution in [3.63, 3.8) is 0 Å². The highest BCUT2D eigenvalue weighted by molar-refractivity contribution is 6.18. The molecule has 2 aromatic heterocycles. The molecular formula is C61H42N2O. The van der Waals surface area contributed by atoms with E-state index in [9.17, 15) is 0 Å². The van der Waals surface area contributed by atoms with Crippen LogP contribution < -0.4 is 4.90 Å². The molecule has 10 aromatic carbocycles. The molecule has 0 atom stereocenters. The van der Waals surface area contributed by atoms with Crippen molar-refractivity contribution in [1.29, 1.82) is 0 Å². The summed E-state index contributed by atoms with van der Waals surface area (Å²) in [5.41, 5.74) is 18.4. The van der Waals surface area contributed by atoms with E-state index < -0.39 is 0 Å². The number of hydrogen-bond acceptors (Lipinski definition) is 2. The molecule has 2 heterocycles. The molecule has 64 heavy (non-hydrogen) atoms. The second-order valence-corrected chi connectivity index (χ2v) is 16.5.